The van der Waals surface area contributed by atoms with Crippen LogP contribution < -0.4 is 14.8 Å². The average Bonchev–Trinajstić information content (AvgIpc) is 3.09. The minimum atomic E-state index is 0.560. The number of nitrogens with one attached hydrogen (secondary N) is 1. The summed E-state index contributed by atoms with van der Waals surface area (Å²) >= 11 is 6.16. The average molecular weight is 344 g/mol. The molecule has 0 unspecified atom stereocenters. The summed E-state index contributed by atoms with van der Waals surface area (Å²) in [5, 5.41) is 3.87. The van der Waals surface area contributed by atoms with Crippen LogP contribution in [0.2, 0.25) is 5.02 Å². The van der Waals surface area contributed by atoms with E-state index in [0.29, 0.717) is 17.3 Å². The summed E-state index contributed by atoms with van der Waals surface area (Å²) in [5.74, 6) is 3.09. The number of benzene rings is 2. The molecule has 1 aromatic heterocycles. The van der Waals surface area contributed by atoms with Crippen LogP contribution in [-0.2, 0) is 6.54 Å². The van der Waals surface area contributed by atoms with Gasteiger partial charge in [0.2, 0.25) is 0 Å². The molecular formula is C19H18ClNO3. The van der Waals surface area contributed by atoms with Crippen molar-refractivity contribution in [1.82, 2.24) is 0 Å². The third-order valence-corrected chi connectivity index (χ3v) is 3.95. The molecule has 2 aromatic carbocycles. The van der Waals surface area contributed by atoms with Crippen molar-refractivity contribution in [3.63, 3.8) is 0 Å². The molecule has 4 nitrogen and oxygen atoms in total. The van der Waals surface area contributed by atoms with Gasteiger partial charge in [-0.2, -0.15) is 0 Å². The first-order valence-corrected chi connectivity index (χ1v) is 7.88. The Balaban J connectivity index is 1.67. The van der Waals surface area contributed by atoms with Crippen molar-refractivity contribution < 1.29 is 13.9 Å². The smallest absolute Gasteiger partial charge is 0.137 e. The first kappa shape index (κ1) is 16.3. The Kier molecular flexibility index (Phi) is 4.96. The standard InChI is InChI=1S/C19H18ClNO3/c1-22-15-6-4-14(5-7-15)21-12-16-8-10-18(24-16)13-3-9-19(23-2)17(20)11-13/h3-11,21H,12H2,1-2H3. The van der Waals surface area contributed by atoms with E-state index in [4.69, 9.17) is 25.5 Å². The zero-order chi connectivity index (χ0) is 16.9. The number of rotatable bonds is 6. The van der Waals surface area contributed by atoms with E-state index in [-0.39, 0.29) is 0 Å². The largest absolute Gasteiger partial charge is 0.497 e. The van der Waals surface area contributed by atoms with Crippen molar-refractivity contribution in [2.24, 2.45) is 0 Å². The molecule has 3 rings (SSSR count). The Morgan fingerprint density at radius 2 is 1.75 bits per heavy atom. The highest BCUT2D eigenvalue weighted by Gasteiger charge is 2.08. The lowest BCUT2D eigenvalue weighted by Crippen LogP contribution is -1.97. The third kappa shape index (κ3) is 3.66. The van der Waals surface area contributed by atoms with Crippen molar-refractivity contribution in [3.05, 3.63) is 65.4 Å². The van der Waals surface area contributed by atoms with E-state index in [2.05, 4.69) is 5.32 Å². The van der Waals surface area contributed by atoms with Crippen LogP contribution in [0, 0.1) is 0 Å². The van der Waals surface area contributed by atoms with Gasteiger partial charge in [0.25, 0.3) is 0 Å². The third-order valence-electron chi connectivity index (χ3n) is 3.65. The lowest BCUT2D eigenvalue weighted by Gasteiger charge is -2.06. The Labute approximate surface area is 146 Å². The maximum absolute atomic E-state index is 6.16. The summed E-state index contributed by atoms with van der Waals surface area (Å²) < 4.78 is 16.2. The Hall–Kier alpha value is -2.59. The van der Waals surface area contributed by atoms with Crippen LogP contribution in [-0.4, -0.2) is 14.2 Å². The van der Waals surface area contributed by atoms with Crippen LogP contribution in [0.25, 0.3) is 11.3 Å². The molecule has 0 aliphatic carbocycles. The number of hydrogen-bond donors (Lipinski definition) is 1. The molecule has 0 radical (unpaired) electrons. The molecule has 124 valence electrons. The first-order valence-electron chi connectivity index (χ1n) is 7.50. The number of hydrogen-bond acceptors (Lipinski definition) is 4. The van der Waals surface area contributed by atoms with Crippen LogP contribution in [0.1, 0.15) is 5.76 Å². The van der Waals surface area contributed by atoms with Gasteiger partial charge in [-0.25, -0.2) is 0 Å². The van der Waals surface area contributed by atoms with Gasteiger partial charge in [-0.15, -0.1) is 0 Å². The lowest BCUT2D eigenvalue weighted by molar-refractivity contribution is 0.415. The highest BCUT2D eigenvalue weighted by molar-refractivity contribution is 6.32. The SMILES string of the molecule is COc1ccc(NCc2ccc(-c3ccc(OC)c(Cl)c3)o2)cc1. The second-order valence-electron chi connectivity index (χ2n) is 5.20. The van der Waals surface area contributed by atoms with Gasteiger partial charge in [-0.1, -0.05) is 11.6 Å². The summed E-state index contributed by atoms with van der Waals surface area (Å²) in [6.07, 6.45) is 0. The molecule has 0 spiro atoms. The topological polar surface area (TPSA) is 43.6 Å². The van der Waals surface area contributed by atoms with E-state index in [1.807, 2.05) is 54.6 Å². The second kappa shape index (κ2) is 7.32. The number of anilines is 1. The van der Waals surface area contributed by atoms with Gasteiger partial charge in [0.1, 0.15) is 23.0 Å². The number of methoxy groups -OCH3 is 2. The minimum absolute atomic E-state index is 0.560. The van der Waals surface area contributed by atoms with E-state index in [1.165, 1.54) is 0 Å². The Morgan fingerprint density at radius 1 is 0.958 bits per heavy atom. The molecule has 0 amide bonds. The van der Waals surface area contributed by atoms with Gasteiger partial charge in [0.15, 0.2) is 0 Å². The van der Waals surface area contributed by atoms with E-state index < -0.39 is 0 Å². The van der Waals surface area contributed by atoms with Crippen LogP contribution in [0.4, 0.5) is 5.69 Å². The number of ether oxygens (including phenoxy) is 2. The fourth-order valence-corrected chi connectivity index (χ4v) is 2.60. The quantitative estimate of drug-likeness (QED) is 0.665. The summed E-state index contributed by atoms with van der Waals surface area (Å²) in [6.45, 7) is 0.593. The van der Waals surface area contributed by atoms with Crippen molar-refractivity contribution in [2.45, 2.75) is 6.54 Å². The maximum Gasteiger partial charge on any atom is 0.137 e. The maximum atomic E-state index is 6.16. The van der Waals surface area contributed by atoms with Crippen LogP contribution in [0.5, 0.6) is 11.5 Å². The van der Waals surface area contributed by atoms with E-state index in [0.717, 1.165) is 28.5 Å². The molecule has 0 aliphatic heterocycles. The lowest BCUT2D eigenvalue weighted by atomic mass is 10.2. The van der Waals surface area contributed by atoms with Crippen LogP contribution in [0.3, 0.4) is 0 Å². The van der Waals surface area contributed by atoms with Crippen molar-refractivity contribution in [2.75, 3.05) is 19.5 Å². The molecule has 1 N–H and O–H groups in total. The fraction of sp³-hybridized carbons (Fsp3) is 0.158. The van der Waals surface area contributed by atoms with Gasteiger partial charge >= 0.3 is 0 Å². The summed E-state index contributed by atoms with van der Waals surface area (Å²) in [7, 11) is 3.24. The van der Waals surface area contributed by atoms with Crippen LogP contribution >= 0.6 is 11.6 Å². The molecule has 0 saturated carbocycles. The zero-order valence-corrected chi connectivity index (χ0v) is 14.3. The molecule has 1 heterocycles. The van der Waals surface area contributed by atoms with Gasteiger partial charge in [-0.05, 0) is 54.6 Å². The first-order chi connectivity index (χ1) is 11.7. The van der Waals surface area contributed by atoms with Gasteiger partial charge in [-0.3, -0.25) is 0 Å². The molecule has 0 atom stereocenters. The molecule has 0 saturated heterocycles. The van der Waals surface area contributed by atoms with Gasteiger partial charge in [0.05, 0.1) is 25.8 Å². The molecule has 3 aromatic rings. The summed E-state index contributed by atoms with van der Waals surface area (Å²) in [6, 6.07) is 17.2. The molecule has 0 fully saturated rings. The summed E-state index contributed by atoms with van der Waals surface area (Å²) in [4.78, 5) is 0. The van der Waals surface area contributed by atoms with Crippen molar-refractivity contribution in [1.29, 1.82) is 0 Å². The van der Waals surface area contributed by atoms with Crippen molar-refractivity contribution >= 4 is 17.3 Å². The molecule has 24 heavy (non-hydrogen) atoms. The number of halogens is 1. The molecule has 0 bridgehead atoms. The summed E-state index contributed by atoms with van der Waals surface area (Å²) in [5.41, 5.74) is 1.91. The Morgan fingerprint density at radius 3 is 2.42 bits per heavy atom. The predicted molar refractivity (Wildman–Crippen MR) is 96.0 cm³/mol. The monoisotopic (exact) mass is 343 g/mol. The number of furan rings is 1. The van der Waals surface area contributed by atoms with E-state index >= 15 is 0 Å². The highest BCUT2D eigenvalue weighted by atomic mass is 35.5. The normalized spacial score (nSPS) is 10.5. The Bertz CT molecular complexity index is 812. The fourth-order valence-electron chi connectivity index (χ4n) is 2.35. The van der Waals surface area contributed by atoms with Crippen molar-refractivity contribution in [3.8, 4) is 22.8 Å². The molecule has 0 aliphatic rings. The highest BCUT2D eigenvalue weighted by Crippen LogP contribution is 2.31. The molecular weight excluding hydrogens is 326 g/mol. The predicted octanol–water partition coefficient (Wildman–Crippen LogP) is 5.23. The van der Waals surface area contributed by atoms with Crippen LogP contribution in [0.15, 0.2) is 59.0 Å². The van der Waals surface area contributed by atoms with Gasteiger partial charge in [0, 0.05) is 11.3 Å². The van der Waals surface area contributed by atoms with Gasteiger partial charge < -0.3 is 19.2 Å². The second-order valence-corrected chi connectivity index (χ2v) is 5.60. The van der Waals surface area contributed by atoms with E-state index in [1.54, 1.807) is 14.2 Å². The zero-order valence-electron chi connectivity index (χ0n) is 13.5. The minimum Gasteiger partial charge on any atom is -0.497 e. The van der Waals surface area contributed by atoms with E-state index in [9.17, 15) is 0 Å². The molecule has 5 heteroatoms.